The lowest BCUT2D eigenvalue weighted by molar-refractivity contribution is -0.122. The van der Waals surface area contributed by atoms with Crippen LogP contribution in [0.1, 0.15) is 213 Å². The Labute approximate surface area is 334 Å². The van der Waals surface area contributed by atoms with Crippen LogP contribution in [0.15, 0.2) is 60.8 Å². The third-order valence-corrected chi connectivity index (χ3v) is 10.7. The molecule has 0 fully saturated rings. The number of rotatable bonds is 40. The Hall–Kier alpha value is -1.96. The van der Waals surface area contributed by atoms with Crippen LogP contribution in [0.2, 0.25) is 0 Å². The first-order chi connectivity index (χ1) is 26.3. The van der Waals surface area contributed by atoms with Crippen molar-refractivity contribution < 1.29 is 22.9 Å². The number of hydrogen-bond acceptors (Lipinski definition) is 4. The molecular weight excluding hydrogens is 691 g/mol. The summed E-state index contributed by atoms with van der Waals surface area (Å²) in [6, 6.07) is -1.08. The summed E-state index contributed by atoms with van der Waals surface area (Å²) in [7, 11) is -4.36. The molecule has 1 amide bonds. The van der Waals surface area contributed by atoms with Crippen molar-refractivity contribution in [2.45, 2.75) is 225 Å². The third kappa shape index (κ3) is 41.2. The van der Waals surface area contributed by atoms with Gasteiger partial charge in [-0.3, -0.25) is 9.35 Å². The second-order valence-electron chi connectivity index (χ2n) is 15.3. The van der Waals surface area contributed by atoms with E-state index in [0.717, 1.165) is 51.4 Å². The highest BCUT2D eigenvalue weighted by atomic mass is 32.2. The van der Waals surface area contributed by atoms with Gasteiger partial charge in [-0.15, -0.1) is 0 Å². The van der Waals surface area contributed by atoms with E-state index in [1.807, 2.05) is 6.08 Å². The number of amides is 1. The molecule has 0 aliphatic carbocycles. The molecular formula is C47H85NO5S. The number of nitrogens with one attached hydrogen (secondary N) is 1. The Morgan fingerprint density at radius 2 is 0.852 bits per heavy atom. The summed E-state index contributed by atoms with van der Waals surface area (Å²) in [6.45, 7) is 4.52. The van der Waals surface area contributed by atoms with E-state index in [9.17, 15) is 22.9 Å². The van der Waals surface area contributed by atoms with Crippen molar-refractivity contribution in [1.29, 1.82) is 0 Å². The van der Waals surface area contributed by atoms with Crippen molar-refractivity contribution in [3.05, 3.63) is 60.8 Å². The minimum absolute atomic E-state index is 0.271. The average Bonchev–Trinajstić information content (AvgIpc) is 3.14. The minimum Gasteiger partial charge on any atom is -0.387 e. The minimum atomic E-state index is -4.36. The summed E-state index contributed by atoms with van der Waals surface area (Å²) < 4.78 is 32.6. The Bertz CT molecular complexity index is 1080. The molecule has 2 atom stereocenters. The van der Waals surface area contributed by atoms with Crippen LogP contribution in [0.3, 0.4) is 0 Å². The topological polar surface area (TPSA) is 104 Å². The summed E-state index contributed by atoms with van der Waals surface area (Å²) in [4.78, 5) is 12.5. The Morgan fingerprint density at radius 1 is 0.500 bits per heavy atom. The van der Waals surface area contributed by atoms with Gasteiger partial charge in [-0.25, -0.2) is 0 Å². The van der Waals surface area contributed by atoms with Gasteiger partial charge < -0.3 is 10.4 Å². The van der Waals surface area contributed by atoms with Crippen molar-refractivity contribution in [2.24, 2.45) is 0 Å². The highest BCUT2D eigenvalue weighted by molar-refractivity contribution is 7.85. The summed E-state index contributed by atoms with van der Waals surface area (Å²) in [5.74, 6) is -1.02. The van der Waals surface area contributed by atoms with Crippen molar-refractivity contribution in [1.82, 2.24) is 5.32 Å². The number of unbranched alkanes of at least 4 members (excludes halogenated alkanes) is 24. The van der Waals surface area contributed by atoms with Gasteiger partial charge in [0.15, 0.2) is 0 Å². The van der Waals surface area contributed by atoms with E-state index in [1.54, 1.807) is 0 Å². The summed E-state index contributed by atoms with van der Waals surface area (Å²) in [5.41, 5.74) is 0. The van der Waals surface area contributed by atoms with Gasteiger partial charge in [0.25, 0.3) is 10.1 Å². The fraction of sp³-hybridized carbons (Fsp3) is 0.766. The molecule has 0 heterocycles. The maximum atomic E-state index is 12.5. The SMILES string of the molecule is CCCCCCC/C=C\C/C=C\C/C=C\CCCCCCCCC(=O)NC(CS(=O)(=O)O)C(O)/C=C/CC/C=C/CCCCCCCCCCCCCC. The van der Waals surface area contributed by atoms with Gasteiger partial charge in [0.2, 0.25) is 5.91 Å². The van der Waals surface area contributed by atoms with Crippen molar-refractivity contribution >= 4 is 16.0 Å². The largest absolute Gasteiger partial charge is 0.387 e. The van der Waals surface area contributed by atoms with Gasteiger partial charge in [-0.05, 0) is 70.6 Å². The zero-order valence-corrected chi connectivity index (χ0v) is 35.9. The number of aliphatic hydroxyl groups excluding tert-OH is 1. The van der Waals surface area contributed by atoms with Crippen LogP contribution in [0.5, 0.6) is 0 Å². The number of aliphatic hydroxyl groups is 1. The summed E-state index contributed by atoms with van der Waals surface area (Å²) in [6.07, 6.45) is 56.4. The first kappa shape index (κ1) is 52.0. The molecule has 0 aliphatic rings. The number of carbonyl (C=O) groups excluding carboxylic acids is 1. The second kappa shape index (κ2) is 40.7. The van der Waals surface area contributed by atoms with Gasteiger partial charge in [0.1, 0.15) is 0 Å². The summed E-state index contributed by atoms with van der Waals surface area (Å²) in [5, 5.41) is 13.2. The predicted octanol–water partition coefficient (Wildman–Crippen LogP) is 13.6. The molecule has 2 unspecified atom stereocenters. The molecule has 54 heavy (non-hydrogen) atoms. The molecule has 314 valence electrons. The van der Waals surface area contributed by atoms with E-state index in [4.69, 9.17) is 0 Å². The van der Waals surface area contributed by atoms with Crippen molar-refractivity contribution in [2.75, 3.05) is 5.75 Å². The molecule has 0 rings (SSSR count). The lowest BCUT2D eigenvalue weighted by Gasteiger charge is -2.21. The Morgan fingerprint density at radius 3 is 1.30 bits per heavy atom. The van der Waals surface area contributed by atoms with Gasteiger partial charge in [-0.1, -0.05) is 197 Å². The van der Waals surface area contributed by atoms with Gasteiger partial charge >= 0.3 is 0 Å². The maximum Gasteiger partial charge on any atom is 0.267 e. The van der Waals surface area contributed by atoms with E-state index < -0.39 is 28.0 Å². The van der Waals surface area contributed by atoms with Gasteiger partial charge in [0, 0.05) is 6.42 Å². The van der Waals surface area contributed by atoms with E-state index >= 15 is 0 Å². The van der Waals surface area contributed by atoms with Gasteiger partial charge in [0.05, 0.1) is 17.9 Å². The average molecular weight is 776 g/mol. The lowest BCUT2D eigenvalue weighted by Crippen LogP contribution is -2.46. The maximum absolute atomic E-state index is 12.5. The van der Waals surface area contributed by atoms with Crippen LogP contribution in [0, 0.1) is 0 Å². The van der Waals surface area contributed by atoms with Crippen molar-refractivity contribution in [3.8, 4) is 0 Å². The monoisotopic (exact) mass is 776 g/mol. The molecule has 0 aromatic heterocycles. The first-order valence-electron chi connectivity index (χ1n) is 22.5. The van der Waals surface area contributed by atoms with E-state index in [0.29, 0.717) is 12.8 Å². The molecule has 0 aromatic carbocycles. The predicted molar refractivity (Wildman–Crippen MR) is 235 cm³/mol. The molecule has 0 bridgehead atoms. The number of allylic oxidation sites excluding steroid dienone is 9. The second-order valence-corrected chi connectivity index (χ2v) is 16.8. The molecule has 7 heteroatoms. The number of carbonyl (C=O) groups is 1. The van der Waals surface area contributed by atoms with E-state index in [-0.39, 0.29) is 12.3 Å². The standard InChI is InChI=1S/C47H85NO5S/c1-3-5-7-9-11-13-15-17-19-21-23-24-25-27-29-31-33-35-37-39-41-43-47(50)48-45(44-54(51,52)53)46(49)42-40-38-36-34-32-30-28-26-22-20-18-16-14-12-10-8-6-4-2/h15,17,21,23,25,27,32,34,40,42,45-46,49H,3-14,16,18-20,22,24,26,28-31,33,35-39,41,43-44H2,1-2H3,(H,48,50)(H,51,52,53)/b17-15-,23-21-,27-25-,34-32+,42-40+. The van der Waals surface area contributed by atoms with Crippen molar-refractivity contribution in [3.63, 3.8) is 0 Å². The zero-order chi connectivity index (χ0) is 39.6. The molecule has 0 aromatic rings. The van der Waals surface area contributed by atoms with Crippen LogP contribution in [-0.4, -0.2) is 41.9 Å². The molecule has 6 nitrogen and oxygen atoms in total. The molecule has 0 radical (unpaired) electrons. The molecule has 0 spiro atoms. The Kier molecular flexibility index (Phi) is 39.2. The van der Waals surface area contributed by atoms with E-state index in [1.165, 1.54) is 134 Å². The molecule has 3 N–H and O–H groups in total. The highest BCUT2D eigenvalue weighted by Crippen LogP contribution is 2.14. The van der Waals surface area contributed by atoms with E-state index in [2.05, 4.69) is 67.8 Å². The molecule has 0 saturated heterocycles. The smallest absolute Gasteiger partial charge is 0.267 e. The van der Waals surface area contributed by atoms with Gasteiger partial charge in [-0.2, -0.15) is 8.42 Å². The quantitative estimate of drug-likeness (QED) is 0.0327. The lowest BCUT2D eigenvalue weighted by atomic mass is 10.0. The normalized spacial score (nSPS) is 13.8. The molecule has 0 aliphatic heterocycles. The highest BCUT2D eigenvalue weighted by Gasteiger charge is 2.24. The van der Waals surface area contributed by atoms with Crippen LogP contribution in [0.25, 0.3) is 0 Å². The van der Waals surface area contributed by atoms with Crippen LogP contribution in [0.4, 0.5) is 0 Å². The number of hydrogen-bond donors (Lipinski definition) is 3. The summed E-state index contributed by atoms with van der Waals surface area (Å²) >= 11 is 0. The molecule has 0 saturated carbocycles. The van der Waals surface area contributed by atoms with Crippen LogP contribution in [-0.2, 0) is 14.9 Å². The fourth-order valence-corrected chi connectivity index (χ4v) is 7.27. The third-order valence-electron chi connectivity index (χ3n) is 9.92. The first-order valence-corrected chi connectivity index (χ1v) is 24.1. The van der Waals surface area contributed by atoms with Crippen LogP contribution < -0.4 is 5.32 Å². The zero-order valence-electron chi connectivity index (χ0n) is 35.1. The fourth-order valence-electron chi connectivity index (χ4n) is 6.53. The Balaban J connectivity index is 3.96. The van der Waals surface area contributed by atoms with Crippen LogP contribution >= 0.6 is 0 Å².